The second-order valence-corrected chi connectivity index (χ2v) is 9.06. The summed E-state index contributed by atoms with van der Waals surface area (Å²) in [6, 6.07) is 1.05. The SMILES string of the molecule is CC(C)(OC(O)N(C1CCCCC1)C1CCCCC1)C1CCCC1. The molecule has 0 heterocycles. The third-order valence-corrected chi connectivity index (χ3v) is 7.00. The van der Waals surface area contributed by atoms with Gasteiger partial charge in [-0.3, -0.25) is 0 Å². The highest BCUT2D eigenvalue weighted by atomic mass is 16.6. The molecule has 0 radical (unpaired) electrons. The van der Waals surface area contributed by atoms with Crippen molar-refractivity contribution in [1.29, 1.82) is 0 Å². The number of rotatable bonds is 6. The zero-order valence-corrected chi connectivity index (χ0v) is 16.0. The Morgan fingerprint density at radius 3 is 1.62 bits per heavy atom. The molecule has 3 heteroatoms. The minimum absolute atomic E-state index is 0.211. The fourth-order valence-corrected chi connectivity index (χ4v) is 5.47. The highest BCUT2D eigenvalue weighted by molar-refractivity contribution is 4.87. The van der Waals surface area contributed by atoms with Crippen LogP contribution in [0.5, 0.6) is 0 Å². The van der Waals surface area contributed by atoms with Crippen LogP contribution in [0.2, 0.25) is 0 Å². The van der Waals surface area contributed by atoms with E-state index in [1.807, 2.05) is 0 Å². The zero-order chi connectivity index (χ0) is 17.0. The van der Waals surface area contributed by atoms with Crippen molar-refractivity contribution >= 4 is 0 Å². The molecule has 140 valence electrons. The molecular weight excluding hydrogens is 298 g/mol. The van der Waals surface area contributed by atoms with Crippen LogP contribution >= 0.6 is 0 Å². The van der Waals surface area contributed by atoms with E-state index in [4.69, 9.17) is 4.74 Å². The average Bonchev–Trinajstić information content (AvgIpc) is 3.12. The van der Waals surface area contributed by atoms with E-state index < -0.39 is 6.41 Å². The zero-order valence-electron chi connectivity index (χ0n) is 16.0. The van der Waals surface area contributed by atoms with E-state index in [0.717, 1.165) is 0 Å². The van der Waals surface area contributed by atoms with Crippen LogP contribution in [0.3, 0.4) is 0 Å². The van der Waals surface area contributed by atoms with E-state index in [9.17, 15) is 5.11 Å². The molecule has 1 atom stereocenters. The van der Waals surface area contributed by atoms with Gasteiger partial charge in [-0.15, -0.1) is 0 Å². The molecule has 0 saturated heterocycles. The second kappa shape index (κ2) is 8.51. The Hall–Kier alpha value is -0.120. The third-order valence-electron chi connectivity index (χ3n) is 7.00. The molecule has 0 aromatic heterocycles. The van der Waals surface area contributed by atoms with Crippen LogP contribution in [0, 0.1) is 5.92 Å². The maximum Gasteiger partial charge on any atom is 0.217 e. The van der Waals surface area contributed by atoms with Gasteiger partial charge in [-0.25, -0.2) is 4.90 Å². The van der Waals surface area contributed by atoms with Gasteiger partial charge in [0.2, 0.25) is 6.41 Å². The van der Waals surface area contributed by atoms with Crippen molar-refractivity contribution in [3.63, 3.8) is 0 Å². The molecule has 0 aromatic carbocycles. The van der Waals surface area contributed by atoms with E-state index in [1.165, 1.54) is 89.9 Å². The van der Waals surface area contributed by atoms with Gasteiger partial charge in [0.05, 0.1) is 5.60 Å². The van der Waals surface area contributed by atoms with Gasteiger partial charge in [0, 0.05) is 12.1 Å². The Bertz CT molecular complexity index is 348. The number of ether oxygens (including phenoxy) is 1. The molecule has 24 heavy (non-hydrogen) atoms. The van der Waals surface area contributed by atoms with Crippen LogP contribution in [-0.2, 0) is 4.74 Å². The summed E-state index contributed by atoms with van der Waals surface area (Å²) >= 11 is 0. The Kier molecular flexibility index (Phi) is 6.62. The van der Waals surface area contributed by atoms with Crippen molar-refractivity contribution in [3.8, 4) is 0 Å². The van der Waals surface area contributed by atoms with Crippen molar-refractivity contribution in [3.05, 3.63) is 0 Å². The lowest BCUT2D eigenvalue weighted by molar-refractivity contribution is -0.276. The van der Waals surface area contributed by atoms with Crippen molar-refractivity contribution in [2.75, 3.05) is 0 Å². The molecule has 0 amide bonds. The van der Waals surface area contributed by atoms with Crippen molar-refractivity contribution < 1.29 is 9.84 Å². The molecule has 3 nitrogen and oxygen atoms in total. The van der Waals surface area contributed by atoms with Gasteiger partial charge in [-0.1, -0.05) is 51.4 Å². The first-order valence-corrected chi connectivity index (χ1v) is 10.7. The summed E-state index contributed by atoms with van der Waals surface area (Å²) in [6.07, 6.45) is 17.4. The molecule has 3 fully saturated rings. The predicted octanol–water partition coefficient (Wildman–Crippen LogP) is 5.22. The Labute approximate surface area is 149 Å². The minimum Gasteiger partial charge on any atom is -0.356 e. The van der Waals surface area contributed by atoms with E-state index in [1.54, 1.807) is 0 Å². The van der Waals surface area contributed by atoms with Crippen molar-refractivity contribution in [1.82, 2.24) is 4.90 Å². The Balaban J connectivity index is 1.68. The lowest BCUT2D eigenvalue weighted by Crippen LogP contribution is -2.54. The third kappa shape index (κ3) is 4.53. The lowest BCUT2D eigenvalue weighted by atomic mass is 9.88. The largest absolute Gasteiger partial charge is 0.356 e. The van der Waals surface area contributed by atoms with Gasteiger partial charge in [-0.2, -0.15) is 0 Å². The second-order valence-electron chi connectivity index (χ2n) is 9.06. The highest BCUT2D eigenvalue weighted by Crippen LogP contribution is 2.38. The van der Waals surface area contributed by atoms with Crippen LogP contribution < -0.4 is 0 Å². The lowest BCUT2D eigenvalue weighted by Gasteiger charge is -2.46. The van der Waals surface area contributed by atoms with Crippen LogP contribution in [0.4, 0.5) is 0 Å². The molecule has 3 aliphatic carbocycles. The van der Waals surface area contributed by atoms with Gasteiger partial charge in [0.25, 0.3) is 0 Å². The molecule has 0 aromatic rings. The standard InChI is InChI=1S/C21H39NO2/c1-21(2,17-11-9-10-12-17)24-20(23)22(18-13-5-3-6-14-18)19-15-7-4-8-16-19/h17-20,23H,3-16H2,1-2H3. The van der Waals surface area contributed by atoms with Gasteiger partial charge >= 0.3 is 0 Å². The van der Waals surface area contributed by atoms with E-state index >= 15 is 0 Å². The van der Waals surface area contributed by atoms with Gasteiger partial charge < -0.3 is 9.84 Å². The Morgan fingerprint density at radius 2 is 1.17 bits per heavy atom. The molecule has 0 spiro atoms. The molecule has 3 aliphatic rings. The first-order valence-electron chi connectivity index (χ1n) is 10.7. The summed E-state index contributed by atoms with van der Waals surface area (Å²) in [5.41, 5.74) is -0.211. The average molecular weight is 338 g/mol. The van der Waals surface area contributed by atoms with Gasteiger partial charge in [0.15, 0.2) is 0 Å². The molecule has 3 saturated carbocycles. The van der Waals surface area contributed by atoms with Crippen molar-refractivity contribution in [2.24, 2.45) is 5.92 Å². The quantitative estimate of drug-likeness (QED) is 0.675. The number of aliphatic hydroxyl groups is 1. The van der Waals surface area contributed by atoms with Crippen LogP contribution in [0.15, 0.2) is 0 Å². The minimum atomic E-state index is -0.716. The molecule has 1 unspecified atom stereocenters. The first kappa shape index (κ1) is 18.7. The van der Waals surface area contributed by atoms with Crippen LogP contribution in [0.1, 0.15) is 104 Å². The number of hydrogen-bond acceptors (Lipinski definition) is 3. The molecular formula is C21H39NO2. The van der Waals surface area contributed by atoms with E-state index in [2.05, 4.69) is 18.7 Å². The fourth-order valence-electron chi connectivity index (χ4n) is 5.47. The normalized spacial score (nSPS) is 27.0. The molecule has 0 aliphatic heterocycles. The predicted molar refractivity (Wildman–Crippen MR) is 98.7 cm³/mol. The summed E-state index contributed by atoms with van der Waals surface area (Å²) in [6.45, 7) is 4.40. The number of hydrogen-bond donors (Lipinski definition) is 1. The summed E-state index contributed by atoms with van der Waals surface area (Å²) in [5, 5.41) is 11.1. The number of nitrogens with zero attached hydrogens (tertiary/aromatic N) is 1. The van der Waals surface area contributed by atoms with Gasteiger partial charge in [-0.05, 0) is 58.3 Å². The maximum atomic E-state index is 11.1. The smallest absolute Gasteiger partial charge is 0.217 e. The molecule has 3 rings (SSSR count). The molecule has 1 N–H and O–H groups in total. The van der Waals surface area contributed by atoms with Crippen LogP contribution in [-0.4, -0.2) is 34.1 Å². The maximum absolute atomic E-state index is 11.1. The summed E-state index contributed by atoms with van der Waals surface area (Å²) < 4.78 is 6.37. The van der Waals surface area contributed by atoms with Crippen molar-refractivity contribution in [2.45, 2.75) is 128 Å². The Morgan fingerprint density at radius 1 is 0.750 bits per heavy atom. The first-order chi connectivity index (χ1) is 11.6. The summed E-state index contributed by atoms with van der Waals surface area (Å²) in [4.78, 5) is 2.40. The highest BCUT2D eigenvalue weighted by Gasteiger charge is 2.39. The van der Waals surface area contributed by atoms with Gasteiger partial charge in [0.1, 0.15) is 0 Å². The summed E-state index contributed by atoms with van der Waals surface area (Å²) in [5.74, 6) is 0.603. The molecule has 0 bridgehead atoms. The fraction of sp³-hybridized carbons (Fsp3) is 1.00. The van der Waals surface area contributed by atoms with E-state index in [0.29, 0.717) is 18.0 Å². The van der Waals surface area contributed by atoms with Crippen LogP contribution in [0.25, 0.3) is 0 Å². The van der Waals surface area contributed by atoms with E-state index in [-0.39, 0.29) is 5.60 Å². The number of aliphatic hydroxyl groups excluding tert-OH is 1. The monoisotopic (exact) mass is 337 g/mol. The summed E-state index contributed by atoms with van der Waals surface area (Å²) in [7, 11) is 0. The topological polar surface area (TPSA) is 32.7 Å².